The Morgan fingerprint density at radius 2 is 2.12 bits per heavy atom. The largest absolute Gasteiger partial charge is 0.491 e. The molecule has 1 aliphatic rings. The molecule has 1 fully saturated rings. The van der Waals surface area contributed by atoms with Crippen LogP contribution in [0.4, 0.5) is 0 Å². The Hall–Kier alpha value is -1.09. The Labute approximate surface area is 97.0 Å². The molecule has 1 aliphatic carbocycles. The van der Waals surface area contributed by atoms with E-state index in [1.807, 2.05) is 6.07 Å². The lowest BCUT2D eigenvalue weighted by atomic mass is 9.90. The third-order valence-electron chi connectivity index (χ3n) is 3.29. The summed E-state index contributed by atoms with van der Waals surface area (Å²) in [5, 5.41) is 0. The molecule has 3 heteroatoms. The summed E-state index contributed by atoms with van der Waals surface area (Å²) in [7, 11) is 0. The van der Waals surface area contributed by atoms with Gasteiger partial charge in [-0.25, -0.2) is 0 Å². The van der Waals surface area contributed by atoms with Crippen molar-refractivity contribution in [3.63, 3.8) is 0 Å². The van der Waals surface area contributed by atoms with Gasteiger partial charge < -0.3 is 10.5 Å². The van der Waals surface area contributed by atoms with E-state index in [1.54, 1.807) is 12.4 Å². The molecule has 1 heterocycles. The van der Waals surface area contributed by atoms with Crippen molar-refractivity contribution in [2.45, 2.75) is 38.6 Å². The van der Waals surface area contributed by atoms with Gasteiger partial charge in [-0.1, -0.05) is 19.3 Å². The number of hydrogen-bond donors (Lipinski definition) is 1. The molecule has 2 rings (SSSR count). The van der Waals surface area contributed by atoms with E-state index in [9.17, 15) is 0 Å². The van der Waals surface area contributed by atoms with E-state index in [-0.39, 0.29) is 0 Å². The maximum Gasteiger partial charge on any atom is 0.142 e. The summed E-state index contributed by atoms with van der Waals surface area (Å²) in [6.07, 6.45) is 10.2. The van der Waals surface area contributed by atoms with Crippen LogP contribution in [0.1, 0.15) is 37.7 Å². The number of pyridine rings is 1. The molecule has 3 nitrogen and oxygen atoms in total. The van der Waals surface area contributed by atoms with E-state index >= 15 is 0 Å². The fourth-order valence-electron chi connectivity index (χ4n) is 2.27. The van der Waals surface area contributed by atoms with Gasteiger partial charge in [0, 0.05) is 18.3 Å². The van der Waals surface area contributed by atoms with E-state index < -0.39 is 0 Å². The van der Waals surface area contributed by atoms with Gasteiger partial charge in [-0.05, 0) is 24.8 Å². The molecule has 0 amide bonds. The fraction of sp³-hybridized carbons (Fsp3) is 0.615. The van der Waals surface area contributed by atoms with Gasteiger partial charge >= 0.3 is 0 Å². The number of rotatable bonds is 4. The zero-order valence-corrected chi connectivity index (χ0v) is 9.69. The average Bonchev–Trinajstić information content (AvgIpc) is 2.38. The fourth-order valence-corrected chi connectivity index (χ4v) is 2.27. The van der Waals surface area contributed by atoms with Crippen molar-refractivity contribution in [1.29, 1.82) is 0 Å². The van der Waals surface area contributed by atoms with E-state index in [2.05, 4.69) is 4.98 Å². The van der Waals surface area contributed by atoms with E-state index in [0.29, 0.717) is 6.54 Å². The minimum absolute atomic E-state index is 0.516. The molecule has 0 spiro atoms. The first-order chi connectivity index (χ1) is 7.90. The summed E-state index contributed by atoms with van der Waals surface area (Å²) in [6, 6.07) is 1.93. The number of ether oxygens (including phenoxy) is 1. The van der Waals surface area contributed by atoms with Crippen molar-refractivity contribution >= 4 is 0 Å². The Kier molecular flexibility index (Phi) is 4.17. The van der Waals surface area contributed by atoms with Crippen LogP contribution in [-0.4, -0.2) is 11.6 Å². The first-order valence-corrected chi connectivity index (χ1v) is 6.16. The van der Waals surface area contributed by atoms with Gasteiger partial charge in [-0.3, -0.25) is 4.98 Å². The molecule has 0 aliphatic heterocycles. The van der Waals surface area contributed by atoms with Crippen LogP contribution in [0, 0.1) is 5.92 Å². The third kappa shape index (κ3) is 2.95. The average molecular weight is 220 g/mol. The Morgan fingerprint density at radius 1 is 1.31 bits per heavy atom. The summed E-state index contributed by atoms with van der Waals surface area (Å²) < 4.78 is 5.82. The maximum atomic E-state index is 5.82. The highest BCUT2D eigenvalue weighted by Crippen LogP contribution is 2.25. The van der Waals surface area contributed by atoms with Gasteiger partial charge in [0.25, 0.3) is 0 Å². The minimum atomic E-state index is 0.516. The Balaban J connectivity index is 1.88. The summed E-state index contributed by atoms with van der Waals surface area (Å²) in [4.78, 5) is 4.08. The molecule has 1 saturated carbocycles. The van der Waals surface area contributed by atoms with Gasteiger partial charge in [0.15, 0.2) is 0 Å². The number of aromatic nitrogens is 1. The molecule has 2 N–H and O–H groups in total. The second-order valence-electron chi connectivity index (χ2n) is 4.50. The first-order valence-electron chi connectivity index (χ1n) is 6.16. The smallest absolute Gasteiger partial charge is 0.142 e. The molecule has 0 saturated heterocycles. The minimum Gasteiger partial charge on any atom is -0.491 e. The molecule has 0 atom stereocenters. The zero-order chi connectivity index (χ0) is 11.2. The lowest BCUT2D eigenvalue weighted by Gasteiger charge is -2.22. The standard InChI is InChI=1S/C13H20N2O/c14-8-12-6-7-15-9-13(12)16-10-11-4-2-1-3-5-11/h6-7,9,11H,1-5,8,10,14H2. The molecule has 1 aromatic rings. The first kappa shape index (κ1) is 11.4. The number of nitrogens with zero attached hydrogens (tertiary/aromatic N) is 1. The van der Waals surface area contributed by atoms with Gasteiger partial charge in [-0.15, -0.1) is 0 Å². The highest BCUT2D eigenvalue weighted by Gasteiger charge is 2.14. The van der Waals surface area contributed by atoms with E-state index in [1.165, 1.54) is 32.1 Å². The highest BCUT2D eigenvalue weighted by atomic mass is 16.5. The summed E-state index contributed by atoms with van der Waals surface area (Å²) in [5.74, 6) is 1.58. The second-order valence-corrected chi connectivity index (χ2v) is 4.50. The van der Waals surface area contributed by atoms with Crippen molar-refractivity contribution < 1.29 is 4.74 Å². The maximum absolute atomic E-state index is 5.82. The molecule has 1 aromatic heterocycles. The molecule has 0 unspecified atom stereocenters. The summed E-state index contributed by atoms with van der Waals surface area (Å²) >= 11 is 0. The van der Waals surface area contributed by atoms with Crippen molar-refractivity contribution in [3.05, 3.63) is 24.0 Å². The monoisotopic (exact) mass is 220 g/mol. The van der Waals surface area contributed by atoms with Crippen molar-refractivity contribution in [1.82, 2.24) is 4.98 Å². The van der Waals surface area contributed by atoms with Crippen LogP contribution in [0.15, 0.2) is 18.5 Å². The lowest BCUT2D eigenvalue weighted by Crippen LogP contribution is -2.16. The van der Waals surface area contributed by atoms with E-state index in [4.69, 9.17) is 10.5 Å². The van der Waals surface area contributed by atoms with Gasteiger partial charge in [0.05, 0.1) is 12.8 Å². The van der Waals surface area contributed by atoms with Gasteiger partial charge in [0.2, 0.25) is 0 Å². The number of nitrogens with two attached hydrogens (primary N) is 1. The third-order valence-corrected chi connectivity index (χ3v) is 3.29. The Morgan fingerprint density at radius 3 is 2.88 bits per heavy atom. The summed E-state index contributed by atoms with van der Waals surface area (Å²) in [5.41, 5.74) is 6.70. The topological polar surface area (TPSA) is 48.1 Å². The van der Waals surface area contributed by atoms with E-state index in [0.717, 1.165) is 23.8 Å². The molecule has 88 valence electrons. The van der Waals surface area contributed by atoms with Crippen molar-refractivity contribution in [3.8, 4) is 5.75 Å². The molecular formula is C13H20N2O. The van der Waals surface area contributed by atoms with Crippen LogP contribution >= 0.6 is 0 Å². The molecule has 0 radical (unpaired) electrons. The van der Waals surface area contributed by atoms with Crippen LogP contribution in [0.2, 0.25) is 0 Å². The normalized spacial score (nSPS) is 17.3. The van der Waals surface area contributed by atoms with Crippen LogP contribution in [0.3, 0.4) is 0 Å². The molecule has 0 aromatic carbocycles. The Bertz CT molecular complexity index is 321. The second kappa shape index (κ2) is 5.85. The van der Waals surface area contributed by atoms with Crippen LogP contribution in [0.25, 0.3) is 0 Å². The highest BCUT2D eigenvalue weighted by molar-refractivity contribution is 5.29. The SMILES string of the molecule is NCc1ccncc1OCC1CCCCC1. The van der Waals surface area contributed by atoms with Crippen molar-refractivity contribution in [2.75, 3.05) is 6.61 Å². The predicted octanol–water partition coefficient (Wildman–Crippen LogP) is 2.50. The number of hydrogen-bond acceptors (Lipinski definition) is 3. The van der Waals surface area contributed by atoms with Crippen molar-refractivity contribution in [2.24, 2.45) is 11.7 Å². The lowest BCUT2D eigenvalue weighted by molar-refractivity contribution is 0.207. The van der Waals surface area contributed by atoms with Crippen LogP contribution in [-0.2, 0) is 6.54 Å². The summed E-state index contributed by atoms with van der Waals surface area (Å²) in [6.45, 7) is 1.33. The predicted molar refractivity (Wildman–Crippen MR) is 64.2 cm³/mol. The quantitative estimate of drug-likeness (QED) is 0.848. The van der Waals surface area contributed by atoms with Gasteiger partial charge in [-0.2, -0.15) is 0 Å². The molecule has 16 heavy (non-hydrogen) atoms. The zero-order valence-electron chi connectivity index (χ0n) is 9.69. The molecule has 0 bridgehead atoms. The van der Waals surface area contributed by atoms with Gasteiger partial charge in [0.1, 0.15) is 5.75 Å². The van der Waals surface area contributed by atoms with Crippen LogP contribution < -0.4 is 10.5 Å². The molecular weight excluding hydrogens is 200 g/mol. The van der Waals surface area contributed by atoms with Crippen LogP contribution in [0.5, 0.6) is 5.75 Å².